The van der Waals surface area contributed by atoms with Crippen molar-refractivity contribution >= 4 is 5.97 Å². The second-order valence-electron chi connectivity index (χ2n) is 9.41. The van der Waals surface area contributed by atoms with Crippen molar-refractivity contribution in [2.24, 2.45) is 34.5 Å². The smallest absolute Gasteiger partial charge is 0.308 e. The Morgan fingerprint density at radius 3 is 2.75 bits per heavy atom. The van der Waals surface area contributed by atoms with Crippen LogP contribution in [0.1, 0.15) is 59.3 Å². The van der Waals surface area contributed by atoms with E-state index in [1.807, 2.05) is 0 Å². The number of aliphatic hydroxyl groups is 1. The molecule has 0 bridgehead atoms. The molecule has 4 aliphatic rings. The fourth-order valence-electron chi connectivity index (χ4n) is 6.55. The van der Waals surface area contributed by atoms with Gasteiger partial charge in [0.25, 0.3) is 0 Å². The highest BCUT2D eigenvalue weighted by molar-refractivity contribution is 5.72. The second-order valence-corrected chi connectivity index (χ2v) is 9.41. The Morgan fingerprint density at radius 2 is 2.00 bits per heavy atom. The summed E-state index contributed by atoms with van der Waals surface area (Å²) in [5.41, 5.74) is 1.57. The van der Waals surface area contributed by atoms with Crippen LogP contribution in [0.2, 0.25) is 0 Å². The van der Waals surface area contributed by atoms with Crippen LogP contribution < -0.4 is 0 Å². The first-order valence-corrected chi connectivity index (χ1v) is 9.45. The number of allylic oxidation sites excluding steroid dienone is 1. The SMILES string of the molecule is C=C1CCCC(C)(C)[C@@H]2CC[C@@](C)([C@H]3[C@H]4CC(=O)O[C@H]4O[C@H]3O)[C@H]12. The molecule has 0 aromatic carbocycles. The van der Waals surface area contributed by atoms with Crippen molar-refractivity contribution in [3.8, 4) is 0 Å². The van der Waals surface area contributed by atoms with Gasteiger partial charge in [0.2, 0.25) is 6.29 Å². The van der Waals surface area contributed by atoms with Crippen molar-refractivity contribution in [1.82, 2.24) is 0 Å². The highest BCUT2D eigenvalue weighted by atomic mass is 16.8. The van der Waals surface area contributed by atoms with Gasteiger partial charge in [-0.3, -0.25) is 4.79 Å². The molecular formula is C20H30O4. The van der Waals surface area contributed by atoms with E-state index in [-0.39, 0.29) is 23.2 Å². The van der Waals surface area contributed by atoms with E-state index in [0.29, 0.717) is 23.7 Å². The predicted octanol–water partition coefficient (Wildman–Crippen LogP) is 3.64. The number of hydrogen-bond acceptors (Lipinski definition) is 4. The monoisotopic (exact) mass is 334 g/mol. The van der Waals surface area contributed by atoms with Gasteiger partial charge in [0.1, 0.15) is 0 Å². The van der Waals surface area contributed by atoms with Crippen molar-refractivity contribution in [2.75, 3.05) is 0 Å². The molecule has 4 nitrogen and oxygen atoms in total. The first kappa shape index (κ1) is 16.6. The minimum absolute atomic E-state index is 0.0181. The number of carbonyl (C=O) groups is 1. The lowest BCUT2D eigenvalue weighted by Gasteiger charge is -2.44. The topological polar surface area (TPSA) is 55.8 Å². The molecule has 134 valence electrons. The minimum atomic E-state index is -0.837. The van der Waals surface area contributed by atoms with Crippen LogP contribution in [-0.4, -0.2) is 23.7 Å². The van der Waals surface area contributed by atoms with Crippen molar-refractivity contribution in [3.63, 3.8) is 0 Å². The highest BCUT2D eigenvalue weighted by Crippen LogP contribution is 2.65. The van der Waals surface area contributed by atoms with Crippen LogP contribution in [0.3, 0.4) is 0 Å². The van der Waals surface area contributed by atoms with Crippen LogP contribution in [0, 0.1) is 34.5 Å². The maximum Gasteiger partial charge on any atom is 0.308 e. The maximum absolute atomic E-state index is 11.7. The molecule has 0 aromatic heterocycles. The molecule has 0 unspecified atom stereocenters. The molecule has 0 amide bonds. The molecule has 24 heavy (non-hydrogen) atoms. The molecule has 2 heterocycles. The van der Waals surface area contributed by atoms with Crippen molar-refractivity contribution in [3.05, 3.63) is 12.2 Å². The predicted molar refractivity (Wildman–Crippen MR) is 89.7 cm³/mol. The zero-order chi connectivity index (χ0) is 17.3. The average Bonchev–Trinajstić information content (AvgIpc) is 3.05. The number of aliphatic hydroxyl groups excluding tert-OH is 1. The number of rotatable bonds is 1. The Balaban J connectivity index is 1.71. The van der Waals surface area contributed by atoms with E-state index in [0.717, 1.165) is 12.8 Å². The molecule has 4 rings (SSSR count). The Morgan fingerprint density at radius 1 is 1.25 bits per heavy atom. The van der Waals surface area contributed by atoms with Crippen molar-refractivity contribution in [1.29, 1.82) is 0 Å². The van der Waals surface area contributed by atoms with E-state index < -0.39 is 12.6 Å². The molecule has 2 saturated carbocycles. The third kappa shape index (κ3) is 2.22. The summed E-state index contributed by atoms with van der Waals surface area (Å²) in [6.07, 6.45) is 4.72. The fraction of sp³-hybridized carbons (Fsp3) is 0.850. The number of hydrogen-bond donors (Lipinski definition) is 1. The van der Waals surface area contributed by atoms with Crippen molar-refractivity contribution < 1.29 is 19.4 Å². The van der Waals surface area contributed by atoms with Crippen LogP contribution in [-0.2, 0) is 14.3 Å². The lowest BCUT2D eigenvalue weighted by Crippen LogP contribution is -2.43. The third-order valence-electron chi connectivity index (χ3n) is 7.67. The van der Waals surface area contributed by atoms with Gasteiger partial charge in [0.15, 0.2) is 6.29 Å². The summed E-state index contributed by atoms with van der Waals surface area (Å²) >= 11 is 0. The van der Waals surface area contributed by atoms with Gasteiger partial charge in [0.05, 0.1) is 6.42 Å². The van der Waals surface area contributed by atoms with E-state index in [2.05, 4.69) is 27.4 Å². The Bertz CT molecular complexity index is 568. The van der Waals surface area contributed by atoms with E-state index >= 15 is 0 Å². The van der Waals surface area contributed by atoms with Gasteiger partial charge in [-0.05, 0) is 54.8 Å². The summed E-state index contributed by atoms with van der Waals surface area (Å²) in [4.78, 5) is 11.7. The summed E-state index contributed by atoms with van der Waals surface area (Å²) in [5.74, 6) is 0.736. The largest absolute Gasteiger partial charge is 0.435 e. The van der Waals surface area contributed by atoms with Crippen LogP contribution in [0.4, 0.5) is 0 Å². The molecule has 2 aliphatic heterocycles. The number of ether oxygens (including phenoxy) is 2. The van der Waals surface area contributed by atoms with Crippen LogP contribution in [0.5, 0.6) is 0 Å². The molecule has 4 fully saturated rings. The molecule has 4 heteroatoms. The summed E-state index contributed by atoms with van der Waals surface area (Å²) in [7, 11) is 0. The summed E-state index contributed by atoms with van der Waals surface area (Å²) in [6.45, 7) is 11.5. The number of esters is 1. The van der Waals surface area contributed by atoms with Gasteiger partial charge in [-0.2, -0.15) is 0 Å². The van der Waals surface area contributed by atoms with Gasteiger partial charge >= 0.3 is 5.97 Å². The van der Waals surface area contributed by atoms with Crippen LogP contribution in [0.25, 0.3) is 0 Å². The van der Waals surface area contributed by atoms with E-state index in [1.165, 1.54) is 24.8 Å². The molecule has 0 aromatic rings. The number of carbonyl (C=O) groups excluding carboxylic acids is 1. The number of fused-ring (bicyclic) bond motifs is 2. The van der Waals surface area contributed by atoms with Gasteiger partial charge in [0, 0.05) is 11.8 Å². The fourth-order valence-corrected chi connectivity index (χ4v) is 6.55. The Labute approximate surface area is 144 Å². The standard InChI is InChI=1S/C20H30O4/c1-11-6-5-8-19(2,3)13-7-9-20(4,15(11)13)16-12-10-14(21)23-18(12)24-17(16)22/h12-13,15-18,22H,1,5-10H2,2-4H3/t12-,13-,15-,16+,17-,18+,20-/m1/s1. The molecular weight excluding hydrogens is 304 g/mol. The van der Waals surface area contributed by atoms with Gasteiger partial charge < -0.3 is 14.6 Å². The van der Waals surface area contributed by atoms with E-state index in [1.54, 1.807) is 0 Å². The first-order valence-electron chi connectivity index (χ1n) is 9.45. The molecule has 1 N–H and O–H groups in total. The summed E-state index contributed by atoms with van der Waals surface area (Å²) in [6, 6.07) is 0. The first-order chi connectivity index (χ1) is 11.2. The van der Waals surface area contributed by atoms with Gasteiger partial charge in [-0.1, -0.05) is 32.9 Å². The zero-order valence-electron chi connectivity index (χ0n) is 15.1. The normalized spacial score (nSPS) is 50.3. The van der Waals surface area contributed by atoms with Gasteiger partial charge in [-0.25, -0.2) is 0 Å². The molecule has 0 radical (unpaired) electrons. The maximum atomic E-state index is 11.7. The molecule has 2 aliphatic carbocycles. The van der Waals surface area contributed by atoms with Crippen molar-refractivity contribution in [2.45, 2.75) is 71.9 Å². The quantitative estimate of drug-likeness (QED) is 0.587. The van der Waals surface area contributed by atoms with Gasteiger partial charge in [-0.15, -0.1) is 0 Å². The zero-order valence-corrected chi connectivity index (χ0v) is 15.1. The van der Waals surface area contributed by atoms with E-state index in [9.17, 15) is 9.90 Å². The average molecular weight is 334 g/mol. The molecule has 2 saturated heterocycles. The summed E-state index contributed by atoms with van der Waals surface area (Å²) < 4.78 is 10.9. The lowest BCUT2D eigenvalue weighted by molar-refractivity contribution is -0.196. The Hall–Kier alpha value is -0.870. The summed E-state index contributed by atoms with van der Waals surface area (Å²) in [5, 5.41) is 10.6. The van der Waals surface area contributed by atoms with Crippen LogP contribution in [0.15, 0.2) is 12.2 Å². The van der Waals surface area contributed by atoms with E-state index in [4.69, 9.17) is 9.47 Å². The molecule has 7 atom stereocenters. The second kappa shape index (κ2) is 5.31. The van der Waals surface area contributed by atoms with Crippen LogP contribution >= 0.6 is 0 Å². The minimum Gasteiger partial charge on any atom is -0.435 e. The molecule has 0 spiro atoms. The Kier molecular flexibility index (Phi) is 3.67. The lowest BCUT2D eigenvalue weighted by atomic mass is 9.59. The third-order valence-corrected chi connectivity index (χ3v) is 7.67. The highest BCUT2D eigenvalue weighted by Gasteiger charge is 2.63.